The zero-order valence-electron chi connectivity index (χ0n) is 9.88. The monoisotopic (exact) mass is 257 g/mol. The first-order chi connectivity index (χ1) is 8.36. The molecule has 1 aliphatic rings. The molecule has 1 aromatic carbocycles. The van der Waals surface area contributed by atoms with Crippen LogP contribution in [0.25, 0.3) is 0 Å². The van der Waals surface area contributed by atoms with E-state index in [4.69, 9.17) is 5.73 Å². The first kappa shape index (κ1) is 12.7. The highest BCUT2D eigenvalue weighted by molar-refractivity contribution is 5.92. The summed E-state index contributed by atoms with van der Waals surface area (Å²) in [4.78, 5) is 4.10. The fraction of sp³-hybridized carbons (Fsp3) is 0.417. The Kier molecular flexibility index (Phi) is 3.19. The van der Waals surface area contributed by atoms with Crippen LogP contribution in [0.4, 0.5) is 18.9 Å². The summed E-state index contributed by atoms with van der Waals surface area (Å²) in [5.41, 5.74) is 5.43. The van der Waals surface area contributed by atoms with E-state index in [1.807, 2.05) is 0 Å². The molecule has 0 aliphatic heterocycles. The molecule has 3 nitrogen and oxygen atoms in total. The summed E-state index contributed by atoms with van der Waals surface area (Å²) < 4.78 is 38.1. The van der Waals surface area contributed by atoms with Gasteiger partial charge in [0.1, 0.15) is 0 Å². The number of nitrogens with zero attached hydrogens (tertiary/aromatic N) is 1. The van der Waals surface area contributed by atoms with Gasteiger partial charge in [-0.15, -0.1) is 0 Å². The minimum absolute atomic E-state index is 0.162. The van der Waals surface area contributed by atoms with Crippen molar-refractivity contribution in [2.45, 2.75) is 32.0 Å². The molecule has 0 aromatic heterocycles. The third-order valence-electron chi connectivity index (χ3n) is 2.68. The maximum absolute atomic E-state index is 12.7. The summed E-state index contributed by atoms with van der Waals surface area (Å²) in [6.45, 7) is 1.42. The first-order valence-corrected chi connectivity index (χ1v) is 5.64. The van der Waals surface area contributed by atoms with E-state index in [-0.39, 0.29) is 17.6 Å². The highest BCUT2D eigenvalue weighted by Crippen LogP contribution is 2.33. The number of guanidine groups is 1. The Labute approximate surface area is 103 Å². The van der Waals surface area contributed by atoms with Crippen LogP contribution in [0.1, 0.15) is 24.0 Å². The number of nitrogens with two attached hydrogens (primary N) is 1. The van der Waals surface area contributed by atoms with Gasteiger partial charge in [0.25, 0.3) is 0 Å². The topological polar surface area (TPSA) is 50.4 Å². The van der Waals surface area contributed by atoms with Gasteiger partial charge in [-0.1, -0.05) is 6.07 Å². The Hall–Kier alpha value is -1.72. The smallest absolute Gasteiger partial charge is 0.370 e. The lowest BCUT2D eigenvalue weighted by atomic mass is 10.1. The van der Waals surface area contributed by atoms with Crippen molar-refractivity contribution in [2.24, 2.45) is 10.7 Å². The Morgan fingerprint density at radius 1 is 1.39 bits per heavy atom. The lowest BCUT2D eigenvalue weighted by Gasteiger charge is -2.13. The minimum Gasteiger partial charge on any atom is -0.370 e. The van der Waals surface area contributed by atoms with Crippen LogP contribution in [0.15, 0.2) is 23.2 Å². The van der Waals surface area contributed by atoms with E-state index in [1.54, 1.807) is 6.07 Å². The van der Waals surface area contributed by atoms with E-state index < -0.39 is 11.7 Å². The molecule has 3 N–H and O–H groups in total. The van der Waals surface area contributed by atoms with Crippen LogP contribution in [0.3, 0.4) is 0 Å². The van der Waals surface area contributed by atoms with Crippen LogP contribution < -0.4 is 11.1 Å². The quantitative estimate of drug-likeness (QED) is 0.632. The Bertz CT molecular complexity index is 476. The number of aliphatic imine (C=N–C) groups is 1. The van der Waals surface area contributed by atoms with Crippen LogP contribution in [-0.4, -0.2) is 12.0 Å². The van der Waals surface area contributed by atoms with Crippen molar-refractivity contribution in [3.8, 4) is 0 Å². The molecule has 98 valence electrons. The van der Waals surface area contributed by atoms with E-state index in [9.17, 15) is 13.2 Å². The molecule has 0 unspecified atom stereocenters. The minimum atomic E-state index is -4.36. The number of alkyl halides is 3. The summed E-state index contributed by atoms with van der Waals surface area (Å²) >= 11 is 0. The molecule has 0 amide bonds. The molecule has 2 rings (SSSR count). The number of rotatable bonds is 2. The number of aryl methyl sites for hydroxylation is 1. The number of anilines is 1. The summed E-state index contributed by atoms with van der Waals surface area (Å²) in [5.74, 6) is 0.162. The van der Waals surface area contributed by atoms with Gasteiger partial charge >= 0.3 is 6.18 Å². The molecule has 0 saturated heterocycles. The van der Waals surface area contributed by atoms with E-state index in [1.165, 1.54) is 13.0 Å². The van der Waals surface area contributed by atoms with Gasteiger partial charge in [-0.25, -0.2) is 4.99 Å². The maximum Gasteiger partial charge on any atom is 0.416 e. The zero-order valence-corrected chi connectivity index (χ0v) is 9.88. The summed E-state index contributed by atoms with van der Waals surface area (Å²) in [7, 11) is 0. The zero-order chi connectivity index (χ0) is 13.3. The predicted octanol–water partition coefficient (Wildman–Crippen LogP) is 2.90. The lowest BCUT2D eigenvalue weighted by Crippen LogP contribution is -2.23. The summed E-state index contributed by atoms with van der Waals surface area (Å²) in [6, 6.07) is 4.24. The van der Waals surface area contributed by atoms with E-state index in [0.29, 0.717) is 5.69 Å². The van der Waals surface area contributed by atoms with Crippen molar-refractivity contribution in [1.82, 2.24) is 0 Å². The lowest BCUT2D eigenvalue weighted by molar-refractivity contribution is -0.138. The van der Waals surface area contributed by atoms with Crippen LogP contribution in [0.2, 0.25) is 0 Å². The fourth-order valence-electron chi connectivity index (χ4n) is 1.59. The Morgan fingerprint density at radius 2 is 2.06 bits per heavy atom. The van der Waals surface area contributed by atoms with Gasteiger partial charge < -0.3 is 11.1 Å². The van der Waals surface area contributed by atoms with Gasteiger partial charge in [-0.05, 0) is 37.5 Å². The number of halogens is 3. The predicted molar refractivity (Wildman–Crippen MR) is 64.4 cm³/mol. The van der Waals surface area contributed by atoms with Gasteiger partial charge in [0.15, 0.2) is 5.96 Å². The van der Waals surface area contributed by atoms with Crippen LogP contribution in [0.5, 0.6) is 0 Å². The fourth-order valence-corrected chi connectivity index (χ4v) is 1.59. The average Bonchev–Trinajstić information content (AvgIpc) is 3.03. The molecule has 0 atom stereocenters. The van der Waals surface area contributed by atoms with Gasteiger partial charge in [0.05, 0.1) is 11.6 Å². The third kappa shape index (κ3) is 3.15. The van der Waals surface area contributed by atoms with Crippen molar-refractivity contribution in [3.05, 3.63) is 29.3 Å². The number of hydrogen-bond donors (Lipinski definition) is 2. The molecule has 0 heterocycles. The second-order valence-corrected chi connectivity index (χ2v) is 4.40. The third-order valence-corrected chi connectivity index (χ3v) is 2.68. The highest BCUT2D eigenvalue weighted by Gasteiger charge is 2.32. The van der Waals surface area contributed by atoms with Gasteiger partial charge in [0.2, 0.25) is 0 Å². The Balaban J connectivity index is 2.19. The van der Waals surface area contributed by atoms with E-state index >= 15 is 0 Å². The Morgan fingerprint density at radius 3 is 2.61 bits per heavy atom. The first-order valence-electron chi connectivity index (χ1n) is 5.64. The van der Waals surface area contributed by atoms with Crippen LogP contribution >= 0.6 is 0 Å². The van der Waals surface area contributed by atoms with E-state index in [0.717, 1.165) is 18.9 Å². The number of nitrogens with one attached hydrogen (secondary N) is 1. The van der Waals surface area contributed by atoms with Crippen molar-refractivity contribution in [1.29, 1.82) is 0 Å². The molecule has 18 heavy (non-hydrogen) atoms. The van der Waals surface area contributed by atoms with Crippen molar-refractivity contribution in [3.63, 3.8) is 0 Å². The molecule has 1 aromatic rings. The molecular formula is C12H14F3N3. The molecular weight excluding hydrogens is 243 g/mol. The molecule has 1 saturated carbocycles. The summed E-state index contributed by atoms with van der Waals surface area (Å²) in [6.07, 6.45) is -2.38. The second kappa shape index (κ2) is 4.51. The number of benzene rings is 1. The van der Waals surface area contributed by atoms with Gasteiger partial charge in [-0.2, -0.15) is 13.2 Å². The molecule has 0 spiro atoms. The van der Waals surface area contributed by atoms with Gasteiger partial charge in [0, 0.05) is 5.69 Å². The molecule has 1 fully saturated rings. The largest absolute Gasteiger partial charge is 0.416 e. The molecule has 6 heteroatoms. The molecule has 0 radical (unpaired) electrons. The molecule has 0 bridgehead atoms. The highest BCUT2D eigenvalue weighted by atomic mass is 19.4. The molecule has 1 aliphatic carbocycles. The number of hydrogen-bond acceptors (Lipinski definition) is 1. The van der Waals surface area contributed by atoms with Crippen molar-refractivity contribution in [2.75, 3.05) is 5.32 Å². The SMILES string of the molecule is Cc1ccc(NC(N)=NC2CC2)cc1C(F)(F)F. The second-order valence-electron chi connectivity index (χ2n) is 4.40. The average molecular weight is 257 g/mol. The summed E-state index contributed by atoms with van der Waals surface area (Å²) in [5, 5.41) is 2.68. The van der Waals surface area contributed by atoms with Crippen LogP contribution in [0, 0.1) is 6.92 Å². The normalized spacial score (nSPS) is 16.8. The maximum atomic E-state index is 12.7. The van der Waals surface area contributed by atoms with Gasteiger partial charge in [-0.3, -0.25) is 0 Å². The van der Waals surface area contributed by atoms with Crippen molar-refractivity contribution < 1.29 is 13.2 Å². The standard InChI is InChI=1S/C12H14F3N3/c1-7-2-3-9(6-10(7)12(13,14)15)18-11(16)17-8-4-5-8/h2-3,6,8H,4-5H2,1H3,(H3,16,17,18). The van der Waals surface area contributed by atoms with Crippen molar-refractivity contribution >= 4 is 11.6 Å². The van der Waals surface area contributed by atoms with Crippen LogP contribution in [-0.2, 0) is 6.18 Å². The van der Waals surface area contributed by atoms with E-state index in [2.05, 4.69) is 10.3 Å².